The zero-order valence-electron chi connectivity index (χ0n) is 12.3. The van der Waals surface area contributed by atoms with Crippen molar-refractivity contribution in [3.05, 3.63) is 56.7 Å². The van der Waals surface area contributed by atoms with Gasteiger partial charge in [-0.15, -0.1) is 0 Å². The summed E-state index contributed by atoms with van der Waals surface area (Å²) in [6, 6.07) is 9.63. The number of hydrazine groups is 1. The van der Waals surface area contributed by atoms with E-state index in [4.69, 9.17) is 5.84 Å². The Morgan fingerprint density at radius 1 is 1.14 bits per heavy atom. The Balaban J connectivity index is 2.34. The maximum atomic E-state index is 12.5. The predicted molar refractivity (Wildman–Crippen MR) is 83.6 cm³/mol. The molecule has 2 heterocycles. The zero-order chi connectivity index (χ0) is 15.9. The standard InChI is InChI=1S/C14H16N6O2/c1-18-11-10(12(21)19(2)14(18)22)20(13(16-11)17-15)8-9-6-4-3-5-7-9/h3-7H,8,15H2,1-2H3,(H,16,17). The Labute approximate surface area is 125 Å². The molecule has 114 valence electrons. The van der Waals surface area contributed by atoms with Gasteiger partial charge in [-0.25, -0.2) is 10.6 Å². The molecule has 0 bridgehead atoms. The lowest BCUT2D eigenvalue weighted by molar-refractivity contribution is 0.702. The number of aryl methyl sites for hydroxylation is 1. The number of nitrogens with two attached hydrogens (primary N) is 1. The third-order valence-electron chi connectivity index (χ3n) is 3.66. The highest BCUT2D eigenvalue weighted by Gasteiger charge is 2.18. The summed E-state index contributed by atoms with van der Waals surface area (Å²) in [7, 11) is 3.02. The van der Waals surface area contributed by atoms with Crippen LogP contribution < -0.4 is 22.5 Å². The smallest absolute Gasteiger partial charge is 0.299 e. The van der Waals surface area contributed by atoms with E-state index in [1.807, 2.05) is 30.3 Å². The Morgan fingerprint density at radius 2 is 1.82 bits per heavy atom. The highest BCUT2D eigenvalue weighted by molar-refractivity contribution is 5.74. The Hall–Kier alpha value is -2.87. The summed E-state index contributed by atoms with van der Waals surface area (Å²) in [5.74, 6) is 5.85. The summed E-state index contributed by atoms with van der Waals surface area (Å²) in [5, 5.41) is 0. The maximum absolute atomic E-state index is 12.5. The maximum Gasteiger partial charge on any atom is 0.332 e. The average molecular weight is 300 g/mol. The Morgan fingerprint density at radius 3 is 2.45 bits per heavy atom. The van der Waals surface area contributed by atoms with E-state index in [1.165, 1.54) is 11.6 Å². The van der Waals surface area contributed by atoms with Crippen LogP contribution in [-0.2, 0) is 20.6 Å². The number of nitrogen functional groups attached to an aromatic ring is 1. The van der Waals surface area contributed by atoms with Gasteiger partial charge >= 0.3 is 5.69 Å². The van der Waals surface area contributed by atoms with Gasteiger partial charge in [0.1, 0.15) is 0 Å². The number of hydrogen-bond acceptors (Lipinski definition) is 5. The molecule has 22 heavy (non-hydrogen) atoms. The average Bonchev–Trinajstić information content (AvgIpc) is 2.90. The normalized spacial score (nSPS) is 11.0. The quantitative estimate of drug-likeness (QED) is 0.514. The minimum Gasteiger partial charge on any atom is -0.299 e. The predicted octanol–water partition coefficient (Wildman–Crippen LogP) is -0.232. The molecule has 8 nitrogen and oxygen atoms in total. The largest absolute Gasteiger partial charge is 0.332 e. The van der Waals surface area contributed by atoms with Crippen molar-refractivity contribution in [2.45, 2.75) is 6.54 Å². The molecule has 0 aliphatic carbocycles. The summed E-state index contributed by atoms with van der Waals surface area (Å²) in [6.07, 6.45) is 0. The molecule has 1 aromatic carbocycles. The number of nitrogens with one attached hydrogen (secondary N) is 1. The first kappa shape index (κ1) is 14.1. The van der Waals surface area contributed by atoms with Crippen molar-refractivity contribution in [1.29, 1.82) is 0 Å². The SMILES string of the molecule is Cn1c(=O)c2c(nc(NN)n2Cc2ccccc2)n(C)c1=O. The van der Waals surface area contributed by atoms with Crippen molar-refractivity contribution in [3.8, 4) is 0 Å². The molecule has 3 aromatic rings. The van der Waals surface area contributed by atoms with Gasteiger partial charge in [0.15, 0.2) is 11.2 Å². The van der Waals surface area contributed by atoms with E-state index >= 15 is 0 Å². The van der Waals surface area contributed by atoms with E-state index in [-0.39, 0.29) is 0 Å². The van der Waals surface area contributed by atoms with Gasteiger partial charge in [-0.05, 0) is 5.56 Å². The van der Waals surface area contributed by atoms with Crippen LogP contribution in [0.1, 0.15) is 5.56 Å². The first-order chi connectivity index (χ1) is 10.5. The first-order valence-corrected chi connectivity index (χ1v) is 6.71. The monoisotopic (exact) mass is 300 g/mol. The van der Waals surface area contributed by atoms with Gasteiger partial charge < -0.3 is 0 Å². The van der Waals surface area contributed by atoms with Gasteiger partial charge in [-0.3, -0.25) is 23.9 Å². The highest BCUT2D eigenvalue weighted by atomic mass is 16.2. The van der Waals surface area contributed by atoms with Gasteiger partial charge in [-0.1, -0.05) is 30.3 Å². The second-order valence-electron chi connectivity index (χ2n) is 5.03. The van der Waals surface area contributed by atoms with E-state index in [1.54, 1.807) is 11.6 Å². The molecule has 0 saturated heterocycles. The molecule has 0 radical (unpaired) electrons. The Kier molecular flexibility index (Phi) is 3.30. The fourth-order valence-electron chi connectivity index (χ4n) is 2.48. The van der Waals surface area contributed by atoms with Crippen molar-refractivity contribution < 1.29 is 0 Å². The van der Waals surface area contributed by atoms with Crippen LogP contribution in [0.2, 0.25) is 0 Å². The Bertz CT molecular complexity index is 951. The molecule has 0 atom stereocenters. The summed E-state index contributed by atoms with van der Waals surface area (Å²) in [5.41, 5.74) is 3.29. The lowest BCUT2D eigenvalue weighted by Gasteiger charge is -2.09. The van der Waals surface area contributed by atoms with E-state index in [9.17, 15) is 9.59 Å². The van der Waals surface area contributed by atoms with E-state index < -0.39 is 11.2 Å². The molecule has 0 amide bonds. The lowest BCUT2D eigenvalue weighted by atomic mass is 10.2. The summed E-state index contributed by atoms with van der Waals surface area (Å²) in [4.78, 5) is 28.7. The van der Waals surface area contributed by atoms with Crippen molar-refractivity contribution in [1.82, 2.24) is 18.7 Å². The van der Waals surface area contributed by atoms with Crippen molar-refractivity contribution >= 4 is 17.1 Å². The molecule has 8 heteroatoms. The number of nitrogens with zero attached hydrogens (tertiary/aromatic N) is 4. The second-order valence-corrected chi connectivity index (χ2v) is 5.03. The van der Waals surface area contributed by atoms with Crippen molar-refractivity contribution in [2.24, 2.45) is 19.9 Å². The van der Waals surface area contributed by atoms with Crippen molar-refractivity contribution in [2.75, 3.05) is 5.43 Å². The van der Waals surface area contributed by atoms with Crippen LogP contribution in [0.3, 0.4) is 0 Å². The number of benzene rings is 1. The molecule has 2 aromatic heterocycles. The number of imidazole rings is 1. The molecule has 3 N–H and O–H groups in total. The number of rotatable bonds is 3. The molecule has 0 aliphatic heterocycles. The van der Waals surface area contributed by atoms with Crippen LogP contribution in [0.4, 0.5) is 5.95 Å². The van der Waals surface area contributed by atoms with Crippen LogP contribution in [0.15, 0.2) is 39.9 Å². The minimum absolute atomic E-state index is 0.303. The van der Waals surface area contributed by atoms with Crippen LogP contribution in [0.25, 0.3) is 11.2 Å². The van der Waals surface area contributed by atoms with Gasteiger partial charge in [0, 0.05) is 14.1 Å². The number of hydrogen-bond donors (Lipinski definition) is 2. The van der Waals surface area contributed by atoms with E-state index in [0.717, 1.165) is 10.1 Å². The van der Waals surface area contributed by atoms with Gasteiger partial charge in [0.25, 0.3) is 5.56 Å². The summed E-state index contributed by atoms with van der Waals surface area (Å²) >= 11 is 0. The van der Waals surface area contributed by atoms with Gasteiger partial charge in [0.2, 0.25) is 5.95 Å². The summed E-state index contributed by atoms with van der Waals surface area (Å²) in [6.45, 7) is 0.421. The fraction of sp³-hybridized carbons (Fsp3) is 0.214. The van der Waals surface area contributed by atoms with Crippen LogP contribution in [-0.4, -0.2) is 18.7 Å². The number of anilines is 1. The molecule has 0 aliphatic rings. The van der Waals surface area contributed by atoms with Crippen LogP contribution in [0, 0.1) is 0 Å². The van der Waals surface area contributed by atoms with E-state index in [2.05, 4.69) is 10.4 Å². The fourth-order valence-corrected chi connectivity index (χ4v) is 2.48. The number of fused-ring (bicyclic) bond motifs is 1. The molecular weight excluding hydrogens is 284 g/mol. The van der Waals surface area contributed by atoms with Crippen LogP contribution in [0.5, 0.6) is 0 Å². The van der Waals surface area contributed by atoms with Gasteiger partial charge in [-0.2, -0.15) is 4.98 Å². The number of aromatic nitrogens is 4. The summed E-state index contributed by atoms with van der Waals surface area (Å²) < 4.78 is 4.07. The van der Waals surface area contributed by atoms with Gasteiger partial charge in [0.05, 0.1) is 6.54 Å². The van der Waals surface area contributed by atoms with Crippen molar-refractivity contribution in [3.63, 3.8) is 0 Å². The molecule has 3 rings (SSSR count). The third kappa shape index (κ3) is 2.01. The zero-order valence-corrected chi connectivity index (χ0v) is 12.3. The first-order valence-electron chi connectivity index (χ1n) is 6.71. The second kappa shape index (κ2) is 5.15. The molecule has 0 spiro atoms. The highest BCUT2D eigenvalue weighted by Crippen LogP contribution is 2.16. The van der Waals surface area contributed by atoms with E-state index in [0.29, 0.717) is 23.7 Å². The molecule has 0 fully saturated rings. The topological polar surface area (TPSA) is 99.9 Å². The third-order valence-corrected chi connectivity index (χ3v) is 3.66. The lowest BCUT2D eigenvalue weighted by Crippen LogP contribution is -2.37. The van der Waals surface area contributed by atoms with Crippen LogP contribution >= 0.6 is 0 Å². The molecular formula is C14H16N6O2. The molecule has 0 unspecified atom stereocenters. The minimum atomic E-state index is -0.426. The molecule has 0 saturated carbocycles.